The van der Waals surface area contributed by atoms with E-state index in [-0.39, 0.29) is 11.8 Å². The van der Waals surface area contributed by atoms with Gasteiger partial charge < -0.3 is 9.64 Å². The molecule has 0 spiro atoms. The third-order valence-corrected chi connectivity index (χ3v) is 6.19. The summed E-state index contributed by atoms with van der Waals surface area (Å²) in [6.45, 7) is 6.49. The van der Waals surface area contributed by atoms with Crippen molar-refractivity contribution in [3.8, 4) is 0 Å². The summed E-state index contributed by atoms with van der Waals surface area (Å²) >= 11 is 2.88. The van der Waals surface area contributed by atoms with Crippen molar-refractivity contribution in [2.75, 3.05) is 37.5 Å². The maximum absolute atomic E-state index is 12.5. The first-order chi connectivity index (χ1) is 13.0. The molecule has 1 fully saturated rings. The minimum Gasteiger partial charge on any atom is -0.378 e. The predicted molar refractivity (Wildman–Crippen MR) is 108 cm³/mol. The van der Waals surface area contributed by atoms with Crippen molar-refractivity contribution in [2.24, 2.45) is 0 Å². The lowest BCUT2D eigenvalue weighted by molar-refractivity contribution is 0.0848. The van der Waals surface area contributed by atoms with Gasteiger partial charge in [-0.05, 0) is 37.8 Å². The number of carbonyl (C=O) groups excluding carboxylic acids is 2. The number of ether oxygens (including phenoxy) is 1. The number of aromatic nitrogens is 1. The molecule has 0 aliphatic carbocycles. The molecule has 2 heterocycles. The van der Waals surface area contributed by atoms with Crippen LogP contribution in [0.2, 0.25) is 0 Å². The highest BCUT2D eigenvalue weighted by molar-refractivity contribution is 7.98. The maximum Gasteiger partial charge on any atom is 0.281 e. The second-order valence-electron chi connectivity index (χ2n) is 6.10. The summed E-state index contributed by atoms with van der Waals surface area (Å²) in [4.78, 5) is 33.0. The Morgan fingerprint density at radius 3 is 2.59 bits per heavy atom. The minimum atomic E-state index is -0.364. The van der Waals surface area contributed by atoms with Gasteiger partial charge in [0.1, 0.15) is 4.88 Å². The molecule has 0 bridgehead atoms. The second-order valence-corrected chi connectivity index (χ2v) is 7.96. The lowest BCUT2D eigenvalue weighted by Crippen LogP contribution is -2.41. The standard InChI is InChI=1S/C18H22N4O3S2/c1-11-4-5-13(26-3)10-14(11)16(23)20-21-17(24)15-12(2)19-18(27-15)22-6-8-25-9-7-22/h4-5,10H,6-9H2,1-3H3,(H,20,23)(H,21,24). The Morgan fingerprint density at radius 1 is 1.19 bits per heavy atom. The van der Waals surface area contributed by atoms with E-state index in [0.29, 0.717) is 29.3 Å². The third-order valence-electron chi connectivity index (χ3n) is 4.25. The fourth-order valence-electron chi connectivity index (χ4n) is 2.69. The summed E-state index contributed by atoms with van der Waals surface area (Å²) in [6.07, 6.45) is 1.95. The number of hydrogen-bond acceptors (Lipinski definition) is 7. The highest BCUT2D eigenvalue weighted by Gasteiger charge is 2.21. The minimum absolute atomic E-state index is 0.340. The number of thioether (sulfide) groups is 1. The first-order valence-corrected chi connectivity index (χ1v) is 10.6. The quantitative estimate of drug-likeness (QED) is 0.599. The van der Waals surface area contributed by atoms with Gasteiger partial charge in [0.25, 0.3) is 11.8 Å². The van der Waals surface area contributed by atoms with E-state index in [1.165, 1.54) is 11.3 Å². The molecule has 144 valence electrons. The molecule has 2 N–H and O–H groups in total. The van der Waals surface area contributed by atoms with Crippen molar-refractivity contribution < 1.29 is 14.3 Å². The summed E-state index contributed by atoms with van der Waals surface area (Å²) in [5.74, 6) is -0.705. The largest absolute Gasteiger partial charge is 0.378 e. The monoisotopic (exact) mass is 406 g/mol. The number of nitrogens with one attached hydrogen (secondary N) is 2. The fraction of sp³-hybridized carbons (Fsp3) is 0.389. The lowest BCUT2D eigenvalue weighted by atomic mass is 10.1. The van der Waals surface area contributed by atoms with Crippen LogP contribution in [0.5, 0.6) is 0 Å². The number of hydrazine groups is 1. The van der Waals surface area contributed by atoms with Crippen LogP contribution in [-0.2, 0) is 4.74 Å². The van der Waals surface area contributed by atoms with E-state index in [4.69, 9.17) is 4.74 Å². The first kappa shape index (κ1) is 19.7. The van der Waals surface area contributed by atoms with E-state index in [9.17, 15) is 9.59 Å². The summed E-state index contributed by atoms with van der Waals surface area (Å²) in [6, 6.07) is 5.67. The second kappa shape index (κ2) is 8.73. The topological polar surface area (TPSA) is 83.6 Å². The van der Waals surface area contributed by atoms with Crippen LogP contribution in [0.15, 0.2) is 23.1 Å². The molecular formula is C18H22N4O3S2. The van der Waals surface area contributed by atoms with Crippen molar-refractivity contribution in [3.05, 3.63) is 39.9 Å². The molecule has 1 aliphatic rings. The van der Waals surface area contributed by atoms with Gasteiger partial charge in [0.05, 0.1) is 18.9 Å². The molecule has 0 saturated carbocycles. The van der Waals surface area contributed by atoms with Crippen LogP contribution in [0, 0.1) is 13.8 Å². The third kappa shape index (κ3) is 4.60. The first-order valence-electron chi connectivity index (χ1n) is 8.55. The smallest absolute Gasteiger partial charge is 0.281 e. The van der Waals surface area contributed by atoms with Crippen molar-refractivity contribution in [3.63, 3.8) is 0 Å². The number of anilines is 1. The molecule has 0 atom stereocenters. The molecule has 1 aliphatic heterocycles. The average Bonchev–Trinajstić information content (AvgIpc) is 3.08. The summed E-state index contributed by atoms with van der Waals surface area (Å²) in [5, 5.41) is 0.802. The number of morpholine rings is 1. The van der Waals surface area contributed by atoms with E-state index in [1.807, 2.05) is 31.4 Å². The molecule has 7 nitrogen and oxygen atoms in total. The number of hydrogen-bond donors (Lipinski definition) is 2. The molecule has 1 saturated heterocycles. The molecule has 0 radical (unpaired) electrons. The normalized spacial score (nSPS) is 14.1. The van der Waals surface area contributed by atoms with Gasteiger partial charge in [-0.1, -0.05) is 17.4 Å². The maximum atomic E-state index is 12.5. The van der Waals surface area contributed by atoms with Gasteiger partial charge in [-0.15, -0.1) is 11.8 Å². The molecule has 2 amide bonds. The molecule has 1 aromatic heterocycles. The number of rotatable bonds is 4. The number of aryl methyl sites for hydroxylation is 2. The molecule has 2 aromatic rings. The van der Waals surface area contributed by atoms with Gasteiger partial charge in [-0.25, -0.2) is 4.98 Å². The van der Waals surface area contributed by atoms with Gasteiger partial charge in [0.2, 0.25) is 0 Å². The SMILES string of the molecule is CSc1ccc(C)c(C(=O)NNC(=O)c2sc(N3CCOCC3)nc2C)c1. The Balaban J connectivity index is 1.65. The van der Waals surface area contributed by atoms with E-state index < -0.39 is 0 Å². The van der Waals surface area contributed by atoms with Crippen LogP contribution in [0.3, 0.4) is 0 Å². The van der Waals surface area contributed by atoms with Gasteiger partial charge in [0, 0.05) is 23.5 Å². The summed E-state index contributed by atoms with van der Waals surface area (Å²) < 4.78 is 5.35. The summed E-state index contributed by atoms with van der Waals surface area (Å²) in [5.41, 5.74) is 7.04. The van der Waals surface area contributed by atoms with Crippen LogP contribution in [0.1, 0.15) is 31.3 Å². The highest BCUT2D eigenvalue weighted by atomic mass is 32.2. The van der Waals surface area contributed by atoms with E-state index in [2.05, 4.69) is 20.7 Å². The Hall–Kier alpha value is -2.10. The van der Waals surface area contributed by atoms with Crippen molar-refractivity contribution in [2.45, 2.75) is 18.7 Å². The number of thiazole rings is 1. The zero-order valence-corrected chi connectivity index (χ0v) is 17.1. The molecule has 0 unspecified atom stereocenters. The Morgan fingerprint density at radius 2 is 1.89 bits per heavy atom. The van der Waals surface area contributed by atoms with E-state index in [1.54, 1.807) is 18.7 Å². The molecule has 9 heteroatoms. The highest BCUT2D eigenvalue weighted by Crippen LogP contribution is 2.26. The van der Waals surface area contributed by atoms with Crippen LogP contribution >= 0.6 is 23.1 Å². The Bertz CT molecular complexity index is 847. The zero-order valence-electron chi connectivity index (χ0n) is 15.5. The van der Waals surface area contributed by atoms with Crippen molar-refractivity contribution in [1.29, 1.82) is 0 Å². The lowest BCUT2D eigenvalue weighted by Gasteiger charge is -2.25. The molecule has 3 rings (SSSR count). The van der Waals surface area contributed by atoms with Crippen molar-refractivity contribution >= 4 is 40.0 Å². The Labute approximate surface area is 166 Å². The van der Waals surface area contributed by atoms with Gasteiger partial charge >= 0.3 is 0 Å². The molecular weight excluding hydrogens is 384 g/mol. The van der Waals surface area contributed by atoms with Crippen molar-refractivity contribution in [1.82, 2.24) is 15.8 Å². The molecule has 1 aromatic carbocycles. The van der Waals surface area contributed by atoms with Gasteiger partial charge in [-0.3, -0.25) is 20.4 Å². The number of benzene rings is 1. The zero-order chi connectivity index (χ0) is 19.4. The Kier molecular flexibility index (Phi) is 6.35. The van der Waals surface area contributed by atoms with Gasteiger partial charge in [0.15, 0.2) is 5.13 Å². The average molecular weight is 407 g/mol. The van der Waals surface area contributed by atoms with E-state index in [0.717, 1.165) is 28.7 Å². The number of carbonyl (C=O) groups is 2. The van der Waals surface area contributed by atoms with E-state index >= 15 is 0 Å². The van der Waals surface area contributed by atoms with Crippen LogP contribution in [0.25, 0.3) is 0 Å². The van der Waals surface area contributed by atoms with Crippen LogP contribution in [0.4, 0.5) is 5.13 Å². The fourth-order valence-corrected chi connectivity index (χ4v) is 4.15. The number of nitrogens with zero attached hydrogens (tertiary/aromatic N) is 2. The van der Waals surface area contributed by atoms with Crippen LogP contribution < -0.4 is 15.8 Å². The van der Waals surface area contributed by atoms with Gasteiger partial charge in [-0.2, -0.15) is 0 Å². The number of amides is 2. The summed E-state index contributed by atoms with van der Waals surface area (Å²) in [7, 11) is 0. The predicted octanol–water partition coefficient (Wildman–Crippen LogP) is 2.39. The van der Waals surface area contributed by atoms with Crippen LogP contribution in [-0.4, -0.2) is 49.4 Å². The molecule has 27 heavy (non-hydrogen) atoms.